The summed E-state index contributed by atoms with van der Waals surface area (Å²) in [6.45, 7) is 0. The van der Waals surface area contributed by atoms with Gasteiger partial charge in [0.1, 0.15) is 5.75 Å². The van der Waals surface area contributed by atoms with Gasteiger partial charge in [0.25, 0.3) is 0 Å². The number of anilines is 1. The van der Waals surface area contributed by atoms with Gasteiger partial charge in [-0.05, 0) is 29.8 Å². The minimum absolute atomic E-state index is 0.0419. The van der Waals surface area contributed by atoms with Gasteiger partial charge in [-0.3, -0.25) is 9.59 Å². The lowest BCUT2D eigenvalue weighted by atomic mass is 9.87. The molecule has 0 bridgehead atoms. The van der Waals surface area contributed by atoms with E-state index < -0.39 is 5.92 Å². The van der Waals surface area contributed by atoms with E-state index in [2.05, 4.69) is 16.7 Å². The normalized spacial score (nSPS) is 15.8. The molecule has 0 fully saturated rings. The average Bonchev–Trinajstić information content (AvgIpc) is 2.75. The van der Waals surface area contributed by atoms with Gasteiger partial charge in [-0.15, -0.1) is 0 Å². The zero-order chi connectivity index (χ0) is 22.5. The van der Waals surface area contributed by atoms with Crippen molar-refractivity contribution in [2.45, 2.75) is 12.3 Å². The Balaban J connectivity index is 1.79. The van der Waals surface area contributed by atoms with E-state index in [-0.39, 0.29) is 29.0 Å². The number of benzene rings is 2. The van der Waals surface area contributed by atoms with Gasteiger partial charge in [0.15, 0.2) is 0 Å². The molecule has 0 saturated carbocycles. The number of halogens is 3. The van der Waals surface area contributed by atoms with Crippen LogP contribution in [0.1, 0.15) is 17.9 Å². The van der Waals surface area contributed by atoms with Crippen molar-refractivity contribution in [2.24, 2.45) is 0 Å². The number of nitrogens with one attached hydrogen (secondary N) is 2. The Hall–Kier alpha value is -2.37. The van der Waals surface area contributed by atoms with Crippen LogP contribution in [-0.4, -0.2) is 24.7 Å². The molecule has 3 rings (SSSR count). The molecule has 1 aliphatic heterocycles. The van der Waals surface area contributed by atoms with Crippen molar-refractivity contribution in [1.29, 1.82) is 5.26 Å². The quantitative estimate of drug-likeness (QED) is 0.561. The molecule has 0 radical (unpaired) electrons. The number of nitriles is 1. The van der Waals surface area contributed by atoms with Crippen LogP contribution in [0.5, 0.6) is 5.75 Å². The Kier molecular flexibility index (Phi) is 7.74. The fourth-order valence-corrected chi connectivity index (χ4v) is 4.53. The third-order valence-electron chi connectivity index (χ3n) is 4.51. The third kappa shape index (κ3) is 5.46. The lowest BCUT2D eigenvalue weighted by molar-refractivity contribution is -0.121. The maximum absolute atomic E-state index is 12.4. The highest BCUT2D eigenvalue weighted by atomic mass is 35.5. The maximum atomic E-state index is 12.4. The van der Waals surface area contributed by atoms with Crippen LogP contribution >= 0.6 is 46.6 Å². The lowest BCUT2D eigenvalue weighted by Crippen LogP contribution is -2.31. The number of methoxy groups -OCH3 is 1. The topological polar surface area (TPSA) is 91.2 Å². The van der Waals surface area contributed by atoms with Crippen molar-refractivity contribution >= 4 is 64.1 Å². The van der Waals surface area contributed by atoms with Crippen LogP contribution in [0.3, 0.4) is 0 Å². The predicted molar refractivity (Wildman–Crippen MR) is 124 cm³/mol. The predicted octanol–water partition coefficient (Wildman–Crippen LogP) is 5.37. The molecule has 10 heteroatoms. The molecule has 1 aliphatic rings. The second kappa shape index (κ2) is 10.3. The largest absolute Gasteiger partial charge is 0.495 e. The Morgan fingerprint density at radius 2 is 2.06 bits per heavy atom. The van der Waals surface area contributed by atoms with Crippen molar-refractivity contribution in [3.8, 4) is 11.8 Å². The Bertz CT molecular complexity index is 1110. The number of rotatable bonds is 6. The van der Waals surface area contributed by atoms with Crippen LogP contribution in [0, 0.1) is 11.3 Å². The molecule has 0 spiro atoms. The summed E-state index contributed by atoms with van der Waals surface area (Å²) in [5.74, 6) is -0.631. The van der Waals surface area contributed by atoms with Gasteiger partial charge < -0.3 is 15.4 Å². The first-order valence-electron chi connectivity index (χ1n) is 8.98. The molecule has 2 aromatic carbocycles. The van der Waals surface area contributed by atoms with Gasteiger partial charge >= 0.3 is 0 Å². The molecular formula is C21H16Cl3N3O3S. The molecule has 0 saturated heterocycles. The second-order valence-corrected chi connectivity index (χ2v) is 8.67. The molecule has 2 N–H and O–H groups in total. The van der Waals surface area contributed by atoms with Gasteiger partial charge in [0.05, 0.1) is 50.3 Å². The van der Waals surface area contributed by atoms with Crippen LogP contribution in [0.4, 0.5) is 5.69 Å². The second-order valence-electron chi connectivity index (χ2n) is 6.49. The van der Waals surface area contributed by atoms with Crippen LogP contribution in [0.2, 0.25) is 15.1 Å². The number of allylic oxidation sites excluding steroid dienone is 1. The lowest BCUT2D eigenvalue weighted by Gasteiger charge is -2.25. The first-order valence-corrected chi connectivity index (χ1v) is 11.1. The Labute approximate surface area is 198 Å². The summed E-state index contributed by atoms with van der Waals surface area (Å²) in [5.41, 5.74) is 1.46. The average molecular weight is 497 g/mol. The molecular weight excluding hydrogens is 481 g/mol. The minimum Gasteiger partial charge on any atom is -0.495 e. The van der Waals surface area contributed by atoms with Crippen LogP contribution < -0.4 is 15.4 Å². The van der Waals surface area contributed by atoms with E-state index in [1.807, 2.05) is 0 Å². The molecule has 2 aromatic rings. The number of ether oxygens (including phenoxy) is 1. The minimum atomic E-state index is -0.477. The third-order valence-corrected chi connectivity index (χ3v) is 6.64. The summed E-state index contributed by atoms with van der Waals surface area (Å²) in [6, 6.07) is 12.2. The number of amides is 2. The zero-order valence-electron chi connectivity index (χ0n) is 16.2. The summed E-state index contributed by atoms with van der Waals surface area (Å²) in [6.07, 6.45) is 0.0972. The Morgan fingerprint density at radius 3 is 2.74 bits per heavy atom. The SMILES string of the molecule is COc1ccc([C@H]2CC(=O)NC(SCC(=O)Nc3cccc(Cl)c3Cl)=C2C#N)cc1Cl. The standard InChI is InChI=1S/C21H16Cl3N3O3S/c1-30-17-6-5-11(7-15(17)23)12-8-18(28)27-21(13(12)9-25)31-10-19(29)26-16-4-2-3-14(22)20(16)24/h2-7,12H,8,10H2,1H3,(H,26,29)(H,27,28)/t12-/m1/s1. The molecule has 31 heavy (non-hydrogen) atoms. The number of hydrogen-bond acceptors (Lipinski definition) is 5. The fourth-order valence-electron chi connectivity index (χ4n) is 3.04. The highest BCUT2D eigenvalue weighted by molar-refractivity contribution is 8.03. The Morgan fingerprint density at radius 1 is 1.29 bits per heavy atom. The summed E-state index contributed by atoms with van der Waals surface area (Å²) in [5, 5.41) is 16.4. The summed E-state index contributed by atoms with van der Waals surface area (Å²) in [4.78, 5) is 24.7. The van der Waals surface area contributed by atoms with Crippen molar-refractivity contribution in [2.75, 3.05) is 18.2 Å². The van der Waals surface area contributed by atoms with E-state index in [1.54, 1.807) is 36.4 Å². The number of nitrogens with zero attached hydrogens (tertiary/aromatic N) is 1. The highest BCUT2D eigenvalue weighted by Crippen LogP contribution is 2.38. The van der Waals surface area contributed by atoms with Gasteiger partial charge in [0, 0.05) is 12.3 Å². The first kappa shape index (κ1) is 23.3. The molecule has 0 aliphatic carbocycles. The van der Waals surface area contributed by atoms with E-state index in [4.69, 9.17) is 39.5 Å². The fraction of sp³-hybridized carbons (Fsp3) is 0.190. The van der Waals surface area contributed by atoms with Gasteiger partial charge in [-0.2, -0.15) is 5.26 Å². The van der Waals surface area contributed by atoms with E-state index in [0.29, 0.717) is 37.6 Å². The van der Waals surface area contributed by atoms with E-state index in [1.165, 1.54) is 7.11 Å². The van der Waals surface area contributed by atoms with Crippen LogP contribution in [0.15, 0.2) is 47.0 Å². The molecule has 160 valence electrons. The summed E-state index contributed by atoms with van der Waals surface area (Å²) >= 11 is 19.3. The molecule has 6 nitrogen and oxygen atoms in total. The molecule has 2 amide bonds. The highest BCUT2D eigenvalue weighted by Gasteiger charge is 2.30. The monoisotopic (exact) mass is 495 g/mol. The van der Waals surface area contributed by atoms with Crippen LogP contribution in [0.25, 0.3) is 0 Å². The van der Waals surface area contributed by atoms with Crippen molar-refractivity contribution < 1.29 is 14.3 Å². The zero-order valence-corrected chi connectivity index (χ0v) is 19.3. The number of thioether (sulfide) groups is 1. The van der Waals surface area contributed by atoms with E-state index >= 15 is 0 Å². The first-order chi connectivity index (χ1) is 14.8. The molecule has 1 heterocycles. The summed E-state index contributed by atoms with van der Waals surface area (Å²) in [7, 11) is 1.51. The molecule has 0 unspecified atom stereocenters. The van der Waals surface area contributed by atoms with Crippen molar-refractivity contribution in [3.63, 3.8) is 0 Å². The van der Waals surface area contributed by atoms with E-state index in [9.17, 15) is 14.9 Å². The van der Waals surface area contributed by atoms with Gasteiger partial charge in [-0.1, -0.05) is 58.7 Å². The van der Waals surface area contributed by atoms with E-state index in [0.717, 1.165) is 11.8 Å². The van der Waals surface area contributed by atoms with Gasteiger partial charge in [0.2, 0.25) is 11.8 Å². The number of hydrogen-bond donors (Lipinski definition) is 2. The number of carbonyl (C=O) groups is 2. The smallest absolute Gasteiger partial charge is 0.234 e. The van der Waals surface area contributed by atoms with Crippen molar-refractivity contribution in [1.82, 2.24) is 5.32 Å². The molecule has 0 aromatic heterocycles. The van der Waals surface area contributed by atoms with Crippen LogP contribution in [-0.2, 0) is 9.59 Å². The summed E-state index contributed by atoms with van der Waals surface area (Å²) < 4.78 is 5.16. The van der Waals surface area contributed by atoms with Gasteiger partial charge in [-0.25, -0.2) is 0 Å². The molecule has 1 atom stereocenters. The maximum Gasteiger partial charge on any atom is 0.234 e. The van der Waals surface area contributed by atoms with Crippen molar-refractivity contribution in [3.05, 3.63) is 67.6 Å². The number of carbonyl (C=O) groups excluding carboxylic acids is 2.